The Morgan fingerprint density at radius 2 is 2.08 bits per heavy atom. The molecule has 1 aromatic rings. The van der Waals surface area contributed by atoms with Gasteiger partial charge in [-0.25, -0.2) is 8.42 Å². The number of ether oxygens (including phenoxy) is 2. The number of nitrogens with one attached hydrogen (secondary N) is 2. The van der Waals surface area contributed by atoms with Crippen molar-refractivity contribution in [2.24, 2.45) is 4.99 Å². The summed E-state index contributed by atoms with van der Waals surface area (Å²) in [6.45, 7) is 0. The molecule has 0 saturated carbocycles. The number of rotatable bonds is 6. The summed E-state index contributed by atoms with van der Waals surface area (Å²) in [5.74, 6) is 1.36. The van der Waals surface area contributed by atoms with Crippen LogP contribution in [-0.4, -0.2) is 58.2 Å². The number of sulfone groups is 1. The van der Waals surface area contributed by atoms with Crippen molar-refractivity contribution in [2.45, 2.75) is 17.8 Å². The minimum Gasteiger partial charge on any atom is -0.493 e. The summed E-state index contributed by atoms with van der Waals surface area (Å²) < 4.78 is 33.6. The second-order valence-corrected chi connectivity index (χ2v) is 9.35. The van der Waals surface area contributed by atoms with Gasteiger partial charge in [0.1, 0.15) is 5.37 Å². The molecule has 1 aromatic carbocycles. The molecule has 2 heterocycles. The molecular weight excluding hydrogens is 378 g/mol. The fraction of sp³-hybridized carbons (Fsp3) is 0.500. The van der Waals surface area contributed by atoms with E-state index in [-0.39, 0.29) is 34.6 Å². The first-order valence-electron chi connectivity index (χ1n) is 8.07. The number of benzene rings is 1. The van der Waals surface area contributed by atoms with E-state index in [1.165, 1.54) is 11.8 Å². The van der Waals surface area contributed by atoms with Gasteiger partial charge in [0.2, 0.25) is 5.91 Å². The molecule has 1 fully saturated rings. The van der Waals surface area contributed by atoms with Crippen molar-refractivity contribution in [3.8, 4) is 11.5 Å². The highest BCUT2D eigenvalue weighted by molar-refractivity contribution is 8.00. The van der Waals surface area contributed by atoms with Gasteiger partial charge in [-0.2, -0.15) is 0 Å². The molecule has 0 spiro atoms. The van der Waals surface area contributed by atoms with Crippen LogP contribution in [-0.2, 0) is 14.6 Å². The molecule has 0 aliphatic carbocycles. The van der Waals surface area contributed by atoms with Gasteiger partial charge in [0, 0.05) is 23.4 Å². The van der Waals surface area contributed by atoms with Crippen molar-refractivity contribution >= 4 is 39.5 Å². The van der Waals surface area contributed by atoms with E-state index in [1.54, 1.807) is 20.6 Å². The average Bonchev–Trinajstić information content (AvgIpc) is 2.96. The maximum Gasteiger partial charge on any atom is 0.230 e. The molecule has 0 aromatic heterocycles. The summed E-state index contributed by atoms with van der Waals surface area (Å²) in [5.41, 5.74) is 1.74. The van der Waals surface area contributed by atoms with Crippen LogP contribution < -0.4 is 20.1 Å². The standard InChI is InChI=1S/C16H21N3O5S2/c1-23-13-5-11-12(6-14(13)24-2)17-9-18-16(11)25-7-15(20)19-10-3-4-26(21,22)8-10/h5-6,9-10,16H,3-4,7-8H2,1-2H3,(H,17,18)(H,19,20)/t10-,16+/m1/s1. The van der Waals surface area contributed by atoms with Crippen molar-refractivity contribution in [3.05, 3.63) is 17.7 Å². The molecule has 2 N–H and O–H groups in total. The normalized spacial score (nSPS) is 23.0. The molecule has 142 valence electrons. The number of fused-ring (bicyclic) bond motifs is 1. The van der Waals surface area contributed by atoms with Gasteiger partial charge < -0.3 is 20.1 Å². The number of anilines is 1. The predicted molar refractivity (Wildman–Crippen MR) is 102 cm³/mol. The lowest BCUT2D eigenvalue weighted by Crippen LogP contribution is -2.36. The second-order valence-electron chi connectivity index (χ2n) is 6.05. The van der Waals surface area contributed by atoms with Gasteiger partial charge in [-0.05, 0) is 12.5 Å². The van der Waals surface area contributed by atoms with E-state index in [0.717, 1.165) is 11.3 Å². The average molecular weight is 399 g/mol. The van der Waals surface area contributed by atoms with Crippen molar-refractivity contribution in [1.29, 1.82) is 0 Å². The number of amides is 1. The fourth-order valence-corrected chi connectivity index (χ4v) is 5.53. The summed E-state index contributed by atoms with van der Waals surface area (Å²) in [6.07, 6.45) is 2.07. The van der Waals surface area contributed by atoms with Gasteiger partial charge in [0.05, 0.1) is 37.8 Å². The van der Waals surface area contributed by atoms with Crippen LogP contribution in [0.25, 0.3) is 0 Å². The molecule has 26 heavy (non-hydrogen) atoms. The minimum atomic E-state index is -3.01. The van der Waals surface area contributed by atoms with Crippen LogP contribution in [0.2, 0.25) is 0 Å². The number of carbonyl (C=O) groups excluding carboxylic acids is 1. The van der Waals surface area contributed by atoms with Crippen molar-refractivity contribution in [3.63, 3.8) is 0 Å². The van der Waals surface area contributed by atoms with E-state index < -0.39 is 9.84 Å². The zero-order valence-electron chi connectivity index (χ0n) is 14.5. The number of methoxy groups -OCH3 is 2. The molecule has 0 bridgehead atoms. The van der Waals surface area contributed by atoms with Crippen LogP contribution in [0.5, 0.6) is 11.5 Å². The van der Waals surface area contributed by atoms with Crippen LogP contribution in [0.3, 0.4) is 0 Å². The van der Waals surface area contributed by atoms with Crippen molar-refractivity contribution in [2.75, 3.05) is 36.8 Å². The van der Waals surface area contributed by atoms with Crippen molar-refractivity contribution < 1.29 is 22.7 Å². The molecule has 1 saturated heterocycles. The first-order chi connectivity index (χ1) is 12.4. The second kappa shape index (κ2) is 7.75. The van der Waals surface area contributed by atoms with Crippen LogP contribution in [0, 0.1) is 0 Å². The maximum absolute atomic E-state index is 12.1. The van der Waals surface area contributed by atoms with E-state index >= 15 is 0 Å². The number of hydrogen-bond acceptors (Lipinski definition) is 8. The number of nitrogens with zero attached hydrogens (tertiary/aromatic N) is 1. The topological polar surface area (TPSA) is 106 Å². The Hall–Kier alpha value is -1.94. The van der Waals surface area contributed by atoms with E-state index in [4.69, 9.17) is 9.47 Å². The first kappa shape index (κ1) is 18.8. The van der Waals surface area contributed by atoms with Crippen LogP contribution in [0.4, 0.5) is 5.69 Å². The molecule has 3 rings (SSSR count). The zero-order chi connectivity index (χ0) is 18.7. The Bertz CT molecular complexity index is 825. The molecule has 8 nitrogen and oxygen atoms in total. The molecule has 0 radical (unpaired) electrons. The SMILES string of the molecule is COc1cc2c(cc1OC)[C@H](SCC(=O)N[C@@H]1CCS(=O)(=O)C1)N=CN2. The number of carbonyl (C=O) groups is 1. The van der Waals surface area contributed by atoms with E-state index in [9.17, 15) is 13.2 Å². The zero-order valence-corrected chi connectivity index (χ0v) is 16.2. The van der Waals surface area contributed by atoms with Gasteiger partial charge in [0.15, 0.2) is 21.3 Å². The van der Waals surface area contributed by atoms with Gasteiger partial charge >= 0.3 is 0 Å². The van der Waals surface area contributed by atoms with Gasteiger partial charge in [-0.3, -0.25) is 9.79 Å². The molecule has 0 unspecified atom stereocenters. The van der Waals surface area contributed by atoms with E-state index in [0.29, 0.717) is 17.9 Å². The Kier molecular flexibility index (Phi) is 5.61. The Morgan fingerprint density at radius 1 is 1.35 bits per heavy atom. The quantitative estimate of drug-likeness (QED) is 0.740. The van der Waals surface area contributed by atoms with E-state index in [1.807, 2.05) is 12.1 Å². The minimum absolute atomic E-state index is 0.0226. The summed E-state index contributed by atoms with van der Waals surface area (Å²) in [7, 11) is 0.125. The van der Waals surface area contributed by atoms with Gasteiger partial charge in [0.25, 0.3) is 0 Å². The number of aliphatic imine (C=N–C) groups is 1. The monoisotopic (exact) mass is 399 g/mol. The highest BCUT2D eigenvalue weighted by atomic mass is 32.2. The summed E-state index contributed by atoms with van der Waals surface area (Å²) >= 11 is 1.37. The molecule has 1 amide bonds. The van der Waals surface area contributed by atoms with Crippen LogP contribution in [0.1, 0.15) is 17.4 Å². The van der Waals surface area contributed by atoms with Crippen LogP contribution in [0.15, 0.2) is 17.1 Å². The molecule has 2 aliphatic heterocycles. The number of hydrogen-bond donors (Lipinski definition) is 2. The Balaban J connectivity index is 1.63. The Morgan fingerprint density at radius 3 is 2.73 bits per heavy atom. The molecule has 2 atom stereocenters. The lowest BCUT2D eigenvalue weighted by atomic mass is 10.1. The predicted octanol–water partition coefficient (Wildman–Crippen LogP) is 1.19. The fourth-order valence-electron chi connectivity index (χ4n) is 2.94. The summed E-state index contributed by atoms with van der Waals surface area (Å²) in [4.78, 5) is 16.5. The Labute approximate surface area is 156 Å². The number of thioether (sulfide) groups is 1. The largest absolute Gasteiger partial charge is 0.493 e. The summed E-state index contributed by atoms with van der Waals surface area (Å²) in [5, 5.41) is 5.59. The molecular formula is C16H21N3O5S2. The first-order valence-corrected chi connectivity index (χ1v) is 10.9. The lowest BCUT2D eigenvalue weighted by molar-refractivity contribution is -0.119. The summed E-state index contributed by atoms with van der Waals surface area (Å²) in [6, 6.07) is 3.38. The van der Waals surface area contributed by atoms with Crippen molar-refractivity contribution in [1.82, 2.24) is 5.32 Å². The molecule has 2 aliphatic rings. The highest BCUT2D eigenvalue weighted by Crippen LogP contribution is 2.42. The van der Waals surface area contributed by atoms with Gasteiger partial charge in [-0.1, -0.05) is 0 Å². The molecule has 10 heteroatoms. The van der Waals surface area contributed by atoms with Crippen LogP contribution >= 0.6 is 11.8 Å². The lowest BCUT2D eigenvalue weighted by Gasteiger charge is -2.22. The third-order valence-electron chi connectivity index (χ3n) is 4.22. The third-order valence-corrected chi connectivity index (χ3v) is 7.11. The third kappa shape index (κ3) is 4.24. The van der Waals surface area contributed by atoms with Gasteiger partial charge in [-0.15, -0.1) is 11.8 Å². The smallest absolute Gasteiger partial charge is 0.230 e. The maximum atomic E-state index is 12.1. The van der Waals surface area contributed by atoms with E-state index in [2.05, 4.69) is 15.6 Å². The highest BCUT2D eigenvalue weighted by Gasteiger charge is 2.29.